The van der Waals surface area contributed by atoms with E-state index < -0.39 is 12.0 Å². The fourth-order valence-electron chi connectivity index (χ4n) is 2.98. The van der Waals surface area contributed by atoms with Gasteiger partial charge in [-0.1, -0.05) is 54.4 Å². The normalized spacial score (nSPS) is 11.6. The summed E-state index contributed by atoms with van der Waals surface area (Å²) < 4.78 is 10.1. The summed E-state index contributed by atoms with van der Waals surface area (Å²) in [5.41, 5.74) is 1.82. The number of esters is 2. The van der Waals surface area contributed by atoms with Crippen LogP contribution in [0.3, 0.4) is 0 Å². The van der Waals surface area contributed by atoms with Crippen LogP contribution in [0.4, 0.5) is 11.4 Å². The summed E-state index contributed by atoms with van der Waals surface area (Å²) in [6, 6.07) is 11.7. The Hall–Kier alpha value is -2.24. The number of benzene rings is 2. The van der Waals surface area contributed by atoms with E-state index in [2.05, 4.69) is 0 Å². The summed E-state index contributed by atoms with van der Waals surface area (Å²) in [4.78, 5) is 26.4. The average Bonchev–Trinajstić information content (AvgIpc) is 2.67. The smallest absolute Gasteiger partial charge is 0.329 e. The second kappa shape index (κ2) is 10.3. The molecule has 5 nitrogen and oxygen atoms in total. The predicted molar refractivity (Wildman–Crippen MR) is 111 cm³/mol. The van der Waals surface area contributed by atoms with E-state index in [1.807, 2.05) is 31.2 Å². The molecule has 2 aromatic carbocycles. The number of hydrogen-bond donors (Lipinski definition) is 0. The molecule has 0 aliphatic heterocycles. The van der Waals surface area contributed by atoms with Gasteiger partial charge >= 0.3 is 11.9 Å². The van der Waals surface area contributed by atoms with Crippen LogP contribution in [-0.4, -0.2) is 31.7 Å². The largest absolute Gasteiger partial charge is 0.469 e. The molecular formula is C21H23Cl2NO4. The molecule has 0 saturated heterocycles. The standard InChI is InChI=1S/C21H23Cl2NO4/c1-4-17(21(26)28-5-2)24(20-15(22)10-8-11-16(20)23)18-12-7-6-9-14(18)13-19(25)27-3/h6-12,17H,4-5,13H2,1-3H3. The minimum atomic E-state index is -0.670. The minimum Gasteiger partial charge on any atom is -0.469 e. The number of rotatable bonds is 8. The van der Waals surface area contributed by atoms with Gasteiger partial charge in [-0.3, -0.25) is 4.79 Å². The molecule has 0 saturated carbocycles. The van der Waals surface area contributed by atoms with Crippen molar-refractivity contribution in [2.75, 3.05) is 18.6 Å². The molecule has 0 bridgehead atoms. The van der Waals surface area contributed by atoms with Gasteiger partial charge in [-0.2, -0.15) is 0 Å². The number of hydrogen-bond acceptors (Lipinski definition) is 5. The molecule has 0 aliphatic carbocycles. The first-order valence-corrected chi connectivity index (χ1v) is 9.74. The molecule has 0 aromatic heterocycles. The summed E-state index contributed by atoms with van der Waals surface area (Å²) in [5.74, 6) is -0.782. The van der Waals surface area contributed by atoms with Gasteiger partial charge in [-0.05, 0) is 37.1 Å². The molecule has 2 rings (SSSR count). The number of ether oxygens (including phenoxy) is 2. The lowest BCUT2D eigenvalue weighted by molar-refractivity contribution is -0.144. The first-order valence-electron chi connectivity index (χ1n) is 8.99. The summed E-state index contributed by atoms with van der Waals surface area (Å²) in [5, 5.41) is 0.784. The van der Waals surface area contributed by atoms with Crippen LogP contribution in [0.15, 0.2) is 42.5 Å². The molecule has 0 N–H and O–H groups in total. The lowest BCUT2D eigenvalue weighted by Gasteiger charge is -2.34. The zero-order valence-corrected chi connectivity index (χ0v) is 17.6. The molecule has 28 heavy (non-hydrogen) atoms. The van der Waals surface area contributed by atoms with Gasteiger partial charge in [-0.15, -0.1) is 0 Å². The number of carbonyl (C=O) groups is 2. The quantitative estimate of drug-likeness (QED) is 0.546. The van der Waals surface area contributed by atoms with Crippen LogP contribution >= 0.6 is 23.2 Å². The molecule has 0 aliphatic rings. The molecule has 2 aromatic rings. The van der Waals surface area contributed by atoms with Gasteiger partial charge in [0, 0.05) is 5.69 Å². The Kier molecular flexibility index (Phi) is 8.15. The van der Waals surface area contributed by atoms with E-state index in [-0.39, 0.29) is 19.0 Å². The van der Waals surface area contributed by atoms with Crippen molar-refractivity contribution in [1.29, 1.82) is 0 Å². The van der Waals surface area contributed by atoms with Crippen molar-refractivity contribution in [2.45, 2.75) is 32.7 Å². The number of halogens is 2. The third kappa shape index (κ3) is 4.97. The maximum atomic E-state index is 12.7. The third-order valence-corrected chi connectivity index (χ3v) is 4.86. The lowest BCUT2D eigenvalue weighted by atomic mass is 10.0. The van der Waals surface area contributed by atoms with Gasteiger partial charge in [0.25, 0.3) is 0 Å². The van der Waals surface area contributed by atoms with Crippen LogP contribution in [0.2, 0.25) is 10.0 Å². The number of nitrogens with zero attached hydrogens (tertiary/aromatic N) is 1. The van der Waals surface area contributed by atoms with Gasteiger partial charge in [0.2, 0.25) is 0 Å². The van der Waals surface area contributed by atoms with Crippen molar-refractivity contribution >= 4 is 46.5 Å². The van der Waals surface area contributed by atoms with Crippen LogP contribution in [0.25, 0.3) is 0 Å². The second-order valence-electron chi connectivity index (χ2n) is 6.00. The highest BCUT2D eigenvalue weighted by molar-refractivity contribution is 6.39. The summed E-state index contributed by atoms with van der Waals surface area (Å²) in [7, 11) is 1.33. The second-order valence-corrected chi connectivity index (χ2v) is 6.81. The van der Waals surface area contributed by atoms with Crippen molar-refractivity contribution in [1.82, 2.24) is 0 Å². The van der Waals surface area contributed by atoms with E-state index in [0.29, 0.717) is 33.4 Å². The lowest BCUT2D eigenvalue weighted by Crippen LogP contribution is -2.40. The minimum absolute atomic E-state index is 0.0461. The Balaban J connectivity index is 2.69. The Morgan fingerprint density at radius 2 is 1.68 bits per heavy atom. The monoisotopic (exact) mass is 423 g/mol. The van der Waals surface area contributed by atoms with Gasteiger partial charge in [-0.25, -0.2) is 4.79 Å². The highest BCUT2D eigenvalue weighted by Gasteiger charge is 2.31. The molecular weight excluding hydrogens is 401 g/mol. The van der Waals surface area contributed by atoms with Crippen molar-refractivity contribution in [3.05, 3.63) is 58.1 Å². The van der Waals surface area contributed by atoms with E-state index in [4.69, 9.17) is 32.7 Å². The molecule has 0 radical (unpaired) electrons. The van der Waals surface area contributed by atoms with Crippen molar-refractivity contribution in [2.24, 2.45) is 0 Å². The number of carbonyl (C=O) groups excluding carboxylic acids is 2. The fraction of sp³-hybridized carbons (Fsp3) is 0.333. The predicted octanol–water partition coefficient (Wildman–Crippen LogP) is 5.19. The van der Waals surface area contributed by atoms with Gasteiger partial charge in [0.1, 0.15) is 6.04 Å². The SMILES string of the molecule is CCOC(=O)C(CC)N(c1ccccc1CC(=O)OC)c1c(Cl)cccc1Cl. The van der Waals surface area contributed by atoms with Gasteiger partial charge in [0.05, 0.1) is 35.9 Å². The Morgan fingerprint density at radius 3 is 2.25 bits per heavy atom. The van der Waals surface area contributed by atoms with Crippen molar-refractivity contribution < 1.29 is 19.1 Å². The van der Waals surface area contributed by atoms with Gasteiger partial charge < -0.3 is 14.4 Å². The van der Waals surface area contributed by atoms with Gasteiger partial charge in [0.15, 0.2) is 0 Å². The first kappa shape index (κ1) is 22.1. The topological polar surface area (TPSA) is 55.8 Å². The average molecular weight is 424 g/mol. The molecule has 0 heterocycles. The molecule has 0 amide bonds. The number of para-hydroxylation sites is 2. The first-order chi connectivity index (χ1) is 13.4. The van der Waals surface area contributed by atoms with Crippen molar-refractivity contribution in [3.63, 3.8) is 0 Å². The van der Waals surface area contributed by atoms with Crippen LogP contribution in [0.5, 0.6) is 0 Å². The van der Waals surface area contributed by atoms with E-state index in [1.54, 1.807) is 30.0 Å². The third-order valence-electron chi connectivity index (χ3n) is 4.25. The zero-order chi connectivity index (χ0) is 20.7. The Bertz CT molecular complexity index is 821. The van der Waals surface area contributed by atoms with Crippen LogP contribution in [0, 0.1) is 0 Å². The highest BCUT2D eigenvalue weighted by Crippen LogP contribution is 2.41. The molecule has 0 fully saturated rings. The number of methoxy groups -OCH3 is 1. The summed E-state index contributed by atoms with van der Waals surface area (Å²) in [6.07, 6.45) is 0.497. The van der Waals surface area contributed by atoms with E-state index in [1.165, 1.54) is 7.11 Å². The zero-order valence-electron chi connectivity index (χ0n) is 16.1. The van der Waals surface area contributed by atoms with Crippen LogP contribution < -0.4 is 4.90 Å². The maximum absolute atomic E-state index is 12.7. The fourth-order valence-corrected chi connectivity index (χ4v) is 3.56. The highest BCUT2D eigenvalue weighted by atomic mass is 35.5. The molecule has 0 spiro atoms. The van der Waals surface area contributed by atoms with E-state index in [0.717, 1.165) is 0 Å². The molecule has 150 valence electrons. The van der Waals surface area contributed by atoms with Crippen molar-refractivity contribution in [3.8, 4) is 0 Å². The number of anilines is 2. The Morgan fingerprint density at radius 1 is 1.04 bits per heavy atom. The van der Waals surface area contributed by atoms with Crippen LogP contribution in [-0.2, 0) is 25.5 Å². The van der Waals surface area contributed by atoms with E-state index in [9.17, 15) is 9.59 Å². The molecule has 1 unspecified atom stereocenters. The Labute approximate surface area is 175 Å². The molecule has 7 heteroatoms. The van der Waals surface area contributed by atoms with E-state index >= 15 is 0 Å². The summed E-state index contributed by atoms with van der Waals surface area (Å²) >= 11 is 12.9. The summed E-state index contributed by atoms with van der Waals surface area (Å²) in [6.45, 7) is 3.88. The molecule has 1 atom stereocenters. The van der Waals surface area contributed by atoms with Crippen LogP contribution in [0.1, 0.15) is 25.8 Å². The maximum Gasteiger partial charge on any atom is 0.329 e.